The first-order valence-corrected chi connectivity index (χ1v) is 11.2. The fraction of sp³-hybridized carbons (Fsp3) is 0.480. The van der Waals surface area contributed by atoms with Crippen molar-refractivity contribution in [2.24, 2.45) is 5.41 Å². The molecule has 0 radical (unpaired) electrons. The molecule has 2 N–H and O–H groups in total. The highest BCUT2D eigenvalue weighted by molar-refractivity contribution is 5.95. The third-order valence-corrected chi connectivity index (χ3v) is 7.40. The van der Waals surface area contributed by atoms with Crippen molar-refractivity contribution in [2.75, 3.05) is 26.2 Å². The summed E-state index contributed by atoms with van der Waals surface area (Å²) in [6.45, 7) is 2.25. The van der Waals surface area contributed by atoms with Gasteiger partial charge in [-0.25, -0.2) is 8.78 Å². The lowest BCUT2D eigenvalue weighted by molar-refractivity contribution is -0.141. The minimum atomic E-state index is -2.70. The van der Waals surface area contributed by atoms with E-state index in [1.165, 1.54) is 0 Å². The van der Waals surface area contributed by atoms with Gasteiger partial charge in [-0.2, -0.15) is 0 Å². The number of benzene rings is 2. The molecule has 2 fully saturated rings. The van der Waals surface area contributed by atoms with Crippen LogP contribution >= 0.6 is 0 Å². The Morgan fingerprint density at radius 1 is 1.00 bits per heavy atom. The predicted octanol–water partition coefficient (Wildman–Crippen LogP) is 3.66. The van der Waals surface area contributed by atoms with Crippen LogP contribution in [0.5, 0.6) is 0 Å². The molecule has 3 aliphatic rings. The van der Waals surface area contributed by atoms with Gasteiger partial charge in [0.15, 0.2) is 0 Å². The number of hydrogen-bond donors (Lipinski definition) is 2. The quantitative estimate of drug-likeness (QED) is 0.771. The number of carbonyl (C=O) groups is 1. The lowest BCUT2D eigenvalue weighted by Crippen LogP contribution is -2.53. The number of amides is 1. The number of halogens is 2. The molecule has 6 heteroatoms. The number of nitrogens with one attached hydrogen (secondary N) is 1. The van der Waals surface area contributed by atoms with Crippen LogP contribution in [0.1, 0.15) is 40.7 Å². The number of carbonyl (C=O) groups excluding carboxylic acids is 1. The van der Waals surface area contributed by atoms with E-state index < -0.39 is 17.4 Å². The van der Waals surface area contributed by atoms with Crippen molar-refractivity contribution in [3.8, 4) is 11.1 Å². The zero-order valence-corrected chi connectivity index (χ0v) is 17.5. The summed E-state index contributed by atoms with van der Waals surface area (Å²) >= 11 is 0. The standard InChI is InChI=1S/C25H28F2N2O2/c26-25(27)15-21-13-19(5-6-20(21)14-24(25)8-10-28-11-9-24)17-1-3-18(4-2-17)23(31)29-12-7-22(30)16-29/h1-6,13,22,28,30H,7-12,14-16H2. The van der Waals surface area contributed by atoms with Crippen LogP contribution in [-0.2, 0) is 12.8 Å². The van der Waals surface area contributed by atoms with E-state index in [1.807, 2.05) is 30.3 Å². The Hall–Kier alpha value is -2.31. The maximum atomic E-state index is 15.2. The third-order valence-electron chi connectivity index (χ3n) is 7.40. The van der Waals surface area contributed by atoms with Crippen LogP contribution in [0.3, 0.4) is 0 Å². The van der Waals surface area contributed by atoms with E-state index in [0.717, 1.165) is 22.3 Å². The summed E-state index contributed by atoms with van der Waals surface area (Å²) in [7, 11) is 0. The fourth-order valence-electron chi connectivity index (χ4n) is 5.43. The summed E-state index contributed by atoms with van der Waals surface area (Å²) in [5, 5.41) is 12.9. The number of hydrogen-bond acceptors (Lipinski definition) is 3. The molecule has 2 aromatic carbocycles. The topological polar surface area (TPSA) is 52.6 Å². The molecular formula is C25H28F2N2O2. The highest BCUT2D eigenvalue weighted by atomic mass is 19.3. The second kappa shape index (κ2) is 7.68. The molecule has 5 rings (SSSR count). The van der Waals surface area contributed by atoms with Crippen LogP contribution < -0.4 is 5.32 Å². The van der Waals surface area contributed by atoms with Gasteiger partial charge in [0.05, 0.1) is 6.10 Å². The average molecular weight is 427 g/mol. The highest BCUT2D eigenvalue weighted by Gasteiger charge is 2.55. The molecule has 2 heterocycles. The summed E-state index contributed by atoms with van der Waals surface area (Å²) in [4.78, 5) is 14.2. The van der Waals surface area contributed by atoms with E-state index in [2.05, 4.69) is 5.32 Å². The Kier molecular flexibility index (Phi) is 5.10. The molecule has 0 saturated carbocycles. The molecule has 1 aliphatic carbocycles. The molecule has 0 bridgehead atoms. The number of fused-ring (bicyclic) bond motifs is 1. The van der Waals surface area contributed by atoms with Crippen molar-refractivity contribution in [1.82, 2.24) is 10.2 Å². The predicted molar refractivity (Wildman–Crippen MR) is 115 cm³/mol. The molecule has 1 atom stereocenters. The monoisotopic (exact) mass is 426 g/mol. The lowest BCUT2D eigenvalue weighted by atomic mass is 9.64. The van der Waals surface area contributed by atoms with Crippen molar-refractivity contribution in [3.05, 3.63) is 59.2 Å². The molecule has 164 valence electrons. The minimum Gasteiger partial charge on any atom is -0.391 e. The number of rotatable bonds is 2. The summed E-state index contributed by atoms with van der Waals surface area (Å²) in [5.74, 6) is -2.78. The van der Waals surface area contributed by atoms with Gasteiger partial charge in [-0.1, -0.05) is 30.3 Å². The van der Waals surface area contributed by atoms with Crippen LogP contribution in [0.15, 0.2) is 42.5 Å². The molecular weight excluding hydrogens is 398 g/mol. The molecule has 31 heavy (non-hydrogen) atoms. The first-order chi connectivity index (χ1) is 14.9. The number of nitrogens with zero attached hydrogens (tertiary/aromatic N) is 1. The van der Waals surface area contributed by atoms with E-state index in [1.54, 1.807) is 17.0 Å². The van der Waals surface area contributed by atoms with Gasteiger partial charge < -0.3 is 15.3 Å². The Morgan fingerprint density at radius 2 is 1.71 bits per heavy atom. The van der Waals surface area contributed by atoms with Crippen molar-refractivity contribution in [2.45, 2.75) is 44.1 Å². The molecule has 4 nitrogen and oxygen atoms in total. The third kappa shape index (κ3) is 3.66. The Balaban J connectivity index is 1.37. The Bertz CT molecular complexity index is 984. The largest absolute Gasteiger partial charge is 0.391 e. The van der Waals surface area contributed by atoms with Gasteiger partial charge in [0, 0.05) is 30.5 Å². The van der Waals surface area contributed by atoms with Crippen molar-refractivity contribution in [3.63, 3.8) is 0 Å². The normalized spacial score (nSPS) is 24.2. The van der Waals surface area contributed by atoms with Crippen LogP contribution in [0.4, 0.5) is 8.78 Å². The average Bonchev–Trinajstić information content (AvgIpc) is 3.21. The Labute approximate surface area is 181 Å². The first-order valence-electron chi connectivity index (χ1n) is 11.2. The molecule has 1 spiro atoms. The van der Waals surface area contributed by atoms with Crippen LogP contribution in [0.25, 0.3) is 11.1 Å². The van der Waals surface area contributed by atoms with E-state index >= 15 is 8.78 Å². The van der Waals surface area contributed by atoms with Crippen molar-refractivity contribution in [1.29, 1.82) is 0 Å². The van der Waals surface area contributed by atoms with Gasteiger partial charge in [0.2, 0.25) is 0 Å². The highest BCUT2D eigenvalue weighted by Crippen LogP contribution is 2.52. The molecule has 1 amide bonds. The fourth-order valence-corrected chi connectivity index (χ4v) is 5.43. The minimum absolute atomic E-state index is 0.0829. The molecule has 0 aromatic heterocycles. The molecule has 2 aromatic rings. The summed E-state index contributed by atoms with van der Waals surface area (Å²) in [5.41, 5.74) is 3.24. The lowest BCUT2D eigenvalue weighted by Gasteiger charge is -2.47. The smallest absolute Gasteiger partial charge is 0.258 e. The maximum Gasteiger partial charge on any atom is 0.258 e. The van der Waals surface area contributed by atoms with Crippen LogP contribution in [0.2, 0.25) is 0 Å². The number of likely N-dealkylation sites (tertiary alicyclic amines) is 1. The number of β-amino-alcohol motifs (C(OH)–C–C–N with tert-alkyl or cyclic N) is 1. The summed E-state index contributed by atoms with van der Waals surface area (Å²) in [6, 6.07) is 13.2. The van der Waals surface area contributed by atoms with Crippen LogP contribution in [0, 0.1) is 5.41 Å². The first kappa shape index (κ1) is 20.6. The van der Waals surface area contributed by atoms with Gasteiger partial charge in [-0.3, -0.25) is 4.79 Å². The molecule has 2 aliphatic heterocycles. The molecule has 2 saturated heterocycles. The number of aliphatic hydroxyl groups is 1. The summed E-state index contributed by atoms with van der Waals surface area (Å²) in [6.07, 6.45) is 1.44. The zero-order chi connectivity index (χ0) is 21.6. The van der Waals surface area contributed by atoms with E-state index in [-0.39, 0.29) is 12.3 Å². The van der Waals surface area contributed by atoms with Crippen molar-refractivity contribution < 1.29 is 18.7 Å². The second-order valence-electron chi connectivity index (χ2n) is 9.34. The van der Waals surface area contributed by atoms with Gasteiger partial charge in [0.1, 0.15) is 0 Å². The second-order valence-corrected chi connectivity index (χ2v) is 9.34. The summed E-state index contributed by atoms with van der Waals surface area (Å²) < 4.78 is 30.4. The molecule has 1 unspecified atom stereocenters. The van der Waals surface area contributed by atoms with E-state index in [9.17, 15) is 9.90 Å². The SMILES string of the molecule is O=C(c1ccc(-c2ccc3c(c2)CC(F)(F)C2(CCNCC2)C3)cc1)N1CCC(O)C1. The Morgan fingerprint density at radius 3 is 2.39 bits per heavy atom. The number of piperidine rings is 1. The zero-order valence-electron chi connectivity index (χ0n) is 17.5. The van der Waals surface area contributed by atoms with Gasteiger partial charge >= 0.3 is 0 Å². The van der Waals surface area contributed by atoms with Crippen molar-refractivity contribution >= 4 is 5.91 Å². The van der Waals surface area contributed by atoms with Gasteiger partial charge in [0.25, 0.3) is 11.8 Å². The maximum absolute atomic E-state index is 15.2. The van der Waals surface area contributed by atoms with Gasteiger partial charge in [-0.05, 0) is 73.2 Å². The number of aliphatic hydroxyl groups excluding tert-OH is 1. The van der Waals surface area contributed by atoms with E-state index in [0.29, 0.717) is 57.4 Å². The van der Waals surface area contributed by atoms with Crippen LogP contribution in [-0.4, -0.2) is 54.1 Å². The number of alkyl halides is 2. The van der Waals surface area contributed by atoms with Gasteiger partial charge in [-0.15, -0.1) is 0 Å². The van der Waals surface area contributed by atoms with E-state index in [4.69, 9.17) is 0 Å².